The van der Waals surface area contributed by atoms with Gasteiger partial charge < -0.3 is 0 Å². The van der Waals surface area contributed by atoms with Crippen LogP contribution in [0, 0.1) is 5.92 Å². The largest absolute Gasteiger partial charge is 0.298 e. The predicted octanol–water partition coefficient (Wildman–Crippen LogP) is 2.72. The Hall–Kier alpha value is -0.260. The first kappa shape index (κ1) is 11.7. The van der Waals surface area contributed by atoms with Gasteiger partial charge in [-0.1, -0.05) is 25.9 Å². The van der Waals surface area contributed by atoms with Gasteiger partial charge in [-0.3, -0.25) is 13.4 Å². The molecule has 0 saturated carbocycles. The van der Waals surface area contributed by atoms with Gasteiger partial charge in [0.25, 0.3) is 0 Å². The molecule has 0 rings (SSSR count). The fraction of sp³-hybridized carbons (Fsp3) is 0.857. The molecule has 5 heteroatoms. The number of oxime groups is 1. The molecule has 12 heavy (non-hydrogen) atoms. The Morgan fingerprint density at radius 3 is 2.25 bits per heavy atom. The molecule has 0 amide bonds. The summed E-state index contributed by atoms with van der Waals surface area (Å²) >= 11 is 0. The first-order valence-electron chi connectivity index (χ1n) is 3.85. The fourth-order valence-electron chi connectivity index (χ4n) is 0.697. The topological polar surface area (TPSA) is 62.0 Å². The van der Waals surface area contributed by atoms with Gasteiger partial charge in [0.05, 0.1) is 5.71 Å². The fourth-order valence-corrected chi connectivity index (χ4v) is 0.934. The van der Waals surface area contributed by atoms with E-state index in [1.807, 2.05) is 20.8 Å². The van der Waals surface area contributed by atoms with Crippen molar-refractivity contribution in [1.29, 1.82) is 0 Å². The summed E-state index contributed by atoms with van der Waals surface area (Å²) in [6.45, 7) is 5.91. The molecule has 0 aliphatic heterocycles. The standard InChI is InChI=1S/C7H17NO3S/c1-5-7(6(2)3)8-11-12(4,9)10/h6,9-10H,5H2,1-4H3/b8-7+. The van der Waals surface area contributed by atoms with Gasteiger partial charge in [-0.15, -0.1) is 0 Å². The summed E-state index contributed by atoms with van der Waals surface area (Å²) in [6.07, 6.45) is 1.96. The summed E-state index contributed by atoms with van der Waals surface area (Å²) in [7, 11) is -2.95. The van der Waals surface area contributed by atoms with Crippen molar-refractivity contribution in [2.45, 2.75) is 27.2 Å². The van der Waals surface area contributed by atoms with Gasteiger partial charge in [0, 0.05) is 6.26 Å². The summed E-state index contributed by atoms with van der Waals surface area (Å²) in [5.41, 5.74) is 0.830. The van der Waals surface area contributed by atoms with E-state index >= 15 is 0 Å². The van der Waals surface area contributed by atoms with Crippen molar-refractivity contribution >= 4 is 16.6 Å². The molecule has 0 spiro atoms. The quantitative estimate of drug-likeness (QED) is 0.535. The van der Waals surface area contributed by atoms with Gasteiger partial charge in [0.2, 0.25) is 0 Å². The van der Waals surface area contributed by atoms with Crippen molar-refractivity contribution in [1.82, 2.24) is 0 Å². The monoisotopic (exact) mass is 195 g/mol. The highest BCUT2D eigenvalue weighted by Crippen LogP contribution is 2.35. The molecule has 0 atom stereocenters. The normalized spacial score (nSPS) is 15.1. The molecule has 0 bridgehead atoms. The zero-order valence-electron chi connectivity index (χ0n) is 7.94. The molecule has 0 unspecified atom stereocenters. The van der Waals surface area contributed by atoms with Crippen molar-refractivity contribution < 1.29 is 13.4 Å². The van der Waals surface area contributed by atoms with Crippen LogP contribution >= 0.6 is 10.9 Å². The summed E-state index contributed by atoms with van der Waals surface area (Å²) in [4.78, 5) is 0. The average molecular weight is 195 g/mol. The van der Waals surface area contributed by atoms with E-state index in [1.54, 1.807) is 0 Å². The van der Waals surface area contributed by atoms with Crippen LogP contribution in [0.1, 0.15) is 27.2 Å². The van der Waals surface area contributed by atoms with Gasteiger partial charge in [-0.2, -0.15) is 0 Å². The molecule has 0 aromatic carbocycles. The molecule has 0 aromatic rings. The number of nitrogens with zero attached hydrogens (tertiary/aromatic N) is 1. The molecule has 0 aliphatic carbocycles. The Bertz CT molecular complexity index is 163. The van der Waals surface area contributed by atoms with E-state index in [1.165, 1.54) is 6.26 Å². The highest BCUT2D eigenvalue weighted by molar-refractivity contribution is 8.19. The molecular weight excluding hydrogens is 178 g/mol. The maximum absolute atomic E-state index is 8.85. The lowest BCUT2D eigenvalue weighted by atomic mass is 10.1. The molecule has 0 aromatic heterocycles. The van der Waals surface area contributed by atoms with Gasteiger partial charge in [0.15, 0.2) is 10.9 Å². The van der Waals surface area contributed by atoms with Crippen LogP contribution in [0.4, 0.5) is 0 Å². The lowest BCUT2D eigenvalue weighted by Gasteiger charge is -2.18. The Morgan fingerprint density at radius 2 is 2.00 bits per heavy atom. The Morgan fingerprint density at radius 1 is 1.50 bits per heavy atom. The minimum atomic E-state index is -2.95. The van der Waals surface area contributed by atoms with E-state index in [2.05, 4.69) is 9.44 Å². The molecule has 0 heterocycles. The Kier molecular flexibility index (Phi) is 4.59. The van der Waals surface area contributed by atoms with Crippen LogP contribution in [0.3, 0.4) is 0 Å². The minimum absolute atomic E-state index is 0.275. The maximum Gasteiger partial charge on any atom is 0.153 e. The van der Waals surface area contributed by atoms with Crippen molar-refractivity contribution in [2.75, 3.05) is 6.26 Å². The summed E-state index contributed by atoms with van der Waals surface area (Å²) < 4.78 is 22.2. The lowest BCUT2D eigenvalue weighted by molar-refractivity contribution is 0.279. The molecule has 0 radical (unpaired) electrons. The van der Waals surface area contributed by atoms with Crippen molar-refractivity contribution in [3.63, 3.8) is 0 Å². The second-order valence-electron chi connectivity index (χ2n) is 2.93. The summed E-state index contributed by atoms with van der Waals surface area (Å²) in [6, 6.07) is 0. The average Bonchev–Trinajstić information content (AvgIpc) is 1.85. The summed E-state index contributed by atoms with van der Waals surface area (Å²) in [5, 5.41) is 3.67. The third kappa shape index (κ3) is 5.40. The SMILES string of the molecule is CC/C(=N\OS(C)(O)O)C(C)C. The lowest BCUT2D eigenvalue weighted by Crippen LogP contribution is -2.07. The highest BCUT2D eigenvalue weighted by atomic mass is 32.3. The maximum atomic E-state index is 8.85. The Labute approximate surface area is 75.2 Å². The molecule has 0 saturated heterocycles. The van der Waals surface area contributed by atoms with Crippen LogP contribution in [0.2, 0.25) is 0 Å². The minimum Gasteiger partial charge on any atom is -0.298 e. The number of hydrogen-bond acceptors (Lipinski definition) is 4. The number of rotatable bonds is 4. The molecule has 0 aliphatic rings. The van der Waals surface area contributed by atoms with Crippen LogP contribution in [0.25, 0.3) is 0 Å². The molecule has 74 valence electrons. The van der Waals surface area contributed by atoms with Gasteiger partial charge in [-0.05, 0) is 12.3 Å². The zero-order valence-corrected chi connectivity index (χ0v) is 8.76. The van der Waals surface area contributed by atoms with Gasteiger partial charge in [-0.25, -0.2) is 0 Å². The van der Waals surface area contributed by atoms with Crippen LogP contribution in [0.5, 0.6) is 0 Å². The smallest absolute Gasteiger partial charge is 0.153 e. The second kappa shape index (κ2) is 4.69. The predicted molar refractivity (Wildman–Crippen MR) is 52.4 cm³/mol. The highest BCUT2D eigenvalue weighted by Gasteiger charge is 2.10. The molecule has 2 N–H and O–H groups in total. The van der Waals surface area contributed by atoms with Crippen LogP contribution in [-0.4, -0.2) is 21.1 Å². The van der Waals surface area contributed by atoms with E-state index in [-0.39, 0.29) is 5.92 Å². The van der Waals surface area contributed by atoms with E-state index in [9.17, 15) is 0 Å². The van der Waals surface area contributed by atoms with E-state index in [0.717, 1.165) is 12.1 Å². The Balaban J connectivity index is 4.13. The second-order valence-corrected chi connectivity index (χ2v) is 4.60. The number of hydrogen-bond donors (Lipinski definition) is 2. The molecular formula is C7H17NO3S. The van der Waals surface area contributed by atoms with E-state index in [4.69, 9.17) is 9.11 Å². The third-order valence-electron chi connectivity index (χ3n) is 1.32. The third-order valence-corrected chi connectivity index (χ3v) is 1.68. The van der Waals surface area contributed by atoms with Gasteiger partial charge in [0.1, 0.15) is 0 Å². The molecule has 0 fully saturated rings. The molecule has 4 nitrogen and oxygen atoms in total. The summed E-state index contributed by atoms with van der Waals surface area (Å²) in [5.74, 6) is 0.275. The van der Waals surface area contributed by atoms with E-state index < -0.39 is 10.9 Å². The van der Waals surface area contributed by atoms with Crippen molar-refractivity contribution in [3.05, 3.63) is 0 Å². The van der Waals surface area contributed by atoms with Crippen LogP contribution < -0.4 is 0 Å². The van der Waals surface area contributed by atoms with E-state index in [0.29, 0.717) is 0 Å². The van der Waals surface area contributed by atoms with Crippen molar-refractivity contribution in [3.8, 4) is 0 Å². The van der Waals surface area contributed by atoms with Crippen molar-refractivity contribution in [2.24, 2.45) is 11.1 Å². The van der Waals surface area contributed by atoms with Crippen LogP contribution in [-0.2, 0) is 4.28 Å². The first-order chi connectivity index (χ1) is 5.37. The zero-order chi connectivity index (χ0) is 9.78. The van der Waals surface area contributed by atoms with Crippen LogP contribution in [0.15, 0.2) is 5.16 Å². The first-order valence-corrected chi connectivity index (χ1v) is 5.73. The van der Waals surface area contributed by atoms with Gasteiger partial charge >= 0.3 is 0 Å².